The summed E-state index contributed by atoms with van der Waals surface area (Å²) < 4.78 is 56.4. The first-order valence-corrected chi connectivity index (χ1v) is 12.7. The minimum Gasteiger partial charge on any atom is -0.393 e. The van der Waals surface area contributed by atoms with Gasteiger partial charge in [-0.15, -0.1) is 11.3 Å². The van der Waals surface area contributed by atoms with Gasteiger partial charge in [0.15, 0.2) is 5.01 Å². The number of alkyl halides is 4. The monoisotopic (exact) mass is 543 g/mol. The zero-order chi connectivity index (χ0) is 27.3. The van der Waals surface area contributed by atoms with E-state index in [1.54, 1.807) is 0 Å². The second-order valence-electron chi connectivity index (χ2n) is 10.7. The number of aromatic nitrogens is 2. The number of aliphatic hydroxyl groups excluding tert-OH is 1. The third-order valence-electron chi connectivity index (χ3n) is 6.18. The number of hydrogen-bond acceptors (Lipinski definition) is 7. The molecule has 8 nitrogen and oxygen atoms in total. The zero-order valence-electron chi connectivity index (χ0n) is 20.8. The largest absolute Gasteiger partial charge is 0.393 e. The van der Waals surface area contributed by atoms with Gasteiger partial charge in [0.05, 0.1) is 17.5 Å². The van der Waals surface area contributed by atoms with Crippen molar-refractivity contribution in [1.82, 2.24) is 20.2 Å². The number of aliphatic hydroxyl groups is 1. The highest BCUT2D eigenvalue weighted by Crippen LogP contribution is 2.40. The van der Waals surface area contributed by atoms with Crippen LogP contribution in [0.15, 0.2) is 12.3 Å². The Bertz CT molecular complexity index is 1190. The van der Waals surface area contributed by atoms with Gasteiger partial charge < -0.3 is 20.6 Å². The van der Waals surface area contributed by atoms with E-state index in [0.29, 0.717) is 12.8 Å². The number of amides is 2. The minimum atomic E-state index is -3.09. The first kappa shape index (κ1) is 27.2. The molecule has 1 aliphatic heterocycles. The van der Waals surface area contributed by atoms with Crippen molar-refractivity contribution in [2.45, 2.75) is 83.0 Å². The Labute approximate surface area is 215 Å². The lowest BCUT2D eigenvalue weighted by atomic mass is 9.89. The maximum absolute atomic E-state index is 14.2. The summed E-state index contributed by atoms with van der Waals surface area (Å²) in [6.45, 7) is 6.15. The van der Waals surface area contributed by atoms with E-state index in [1.807, 2.05) is 20.8 Å². The average molecular weight is 544 g/mol. The van der Waals surface area contributed by atoms with E-state index in [0.717, 1.165) is 16.2 Å². The van der Waals surface area contributed by atoms with E-state index in [4.69, 9.17) is 0 Å². The van der Waals surface area contributed by atoms with Crippen LogP contribution in [0.2, 0.25) is 0 Å². The van der Waals surface area contributed by atoms with E-state index in [-0.39, 0.29) is 33.0 Å². The number of hydrogen-bond donors (Lipinski definition) is 3. The van der Waals surface area contributed by atoms with Gasteiger partial charge in [0, 0.05) is 41.4 Å². The Balaban J connectivity index is 1.76. The quantitative estimate of drug-likeness (QED) is 0.464. The average Bonchev–Trinajstić information content (AvgIpc) is 3.31. The van der Waals surface area contributed by atoms with E-state index >= 15 is 0 Å². The van der Waals surface area contributed by atoms with E-state index in [2.05, 4.69) is 20.6 Å². The van der Waals surface area contributed by atoms with Crippen LogP contribution in [0.4, 0.5) is 23.4 Å². The summed E-state index contributed by atoms with van der Waals surface area (Å²) in [7, 11) is 0. The molecule has 2 aliphatic rings. The van der Waals surface area contributed by atoms with Gasteiger partial charge in [-0.05, 0) is 46.6 Å². The lowest BCUT2D eigenvalue weighted by Gasteiger charge is -2.31. The Hall–Kier alpha value is -2.80. The molecule has 0 aromatic carbocycles. The second kappa shape index (κ2) is 9.82. The first-order valence-electron chi connectivity index (χ1n) is 11.9. The zero-order valence-corrected chi connectivity index (χ0v) is 21.6. The highest BCUT2D eigenvalue weighted by atomic mass is 32.1. The van der Waals surface area contributed by atoms with Gasteiger partial charge in [-0.25, -0.2) is 27.5 Å². The van der Waals surface area contributed by atoms with Crippen LogP contribution in [-0.2, 0) is 0 Å². The minimum absolute atomic E-state index is 0.0451. The summed E-state index contributed by atoms with van der Waals surface area (Å²) in [6.07, 6.45) is -2.12. The number of likely N-dealkylation sites (tertiary alicyclic amines) is 1. The Morgan fingerprint density at radius 3 is 2.49 bits per heavy atom. The third-order valence-corrected chi connectivity index (χ3v) is 7.27. The van der Waals surface area contributed by atoms with Gasteiger partial charge in [0.1, 0.15) is 11.5 Å². The molecule has 0 unspecified atom stereocenters. The fraction of sp³-hybridized carbons (Fsp3) is 0.583. The lowest BCUT2D eigenvalue weighted by molar-refractivity contribution is 0.0117. The topological polar surface area (TPSA) is 107 Å². The van der Waals surface area contributed by atoms with Crippen LogP contribution in [0, 0.1) is 0 Å². The molecule has 13 heteroatoms. The molecule has 202 valence electrons. The highest BCUT2D eigenvalue weighted by Gasteiger charge is 2.46. The van der Waals surface area contributed by atoms with Crippen molar-refractivity contribution in [2.24, 2.45) is 0 Å². The number of nitrogens with one attached hydrogen (secondary N) is 2. The number of halogens is 4. The number of rotatable bonds is 6. The molecule has 1 aliphatic carbocycles. The fourth-order valence-corrected chi connectivity index (χ4v) is 5.40. The SMILES string of the molecule is C[C@H]1CC(F)(F)CN1C(=O)c1nc(C(=O)NC2CC(O)C2)sc1-c1cnc(NC(C)(C)C)cc1C(F)F. The normalized spacial score (nSPS) is 23.2. The molecule has 1 saturated carbocycles. The molecule has 0 radical (unpaired) electrons. The van der Waals surface area contributed by atoms with Crippen molar-refractivity contribution in [1.29, 1.82) is 0 Å². The van der Waals surface area contributed by atoms with Crippen molar-refractivity contribution >= 4 is 29.0 Å². The Morgan fingerprint density at radius 1 is 1.27 bits per heavy atom. The standard InChI is InChI=1S/C24H29F4N5O3S/c1-11-8-24(27,28)10-33(11)22(36)17-18(37-21(31-17)20(35)30-12-5-13(34)6-12)15-9-29-16(32-23(2,3)4)7-14(15)19(25)26/h7,9,11-13,19,34H,5-6,8,10H2,1-4H3,(H,29,32)(H,30,35)/t11-,12?,13?/m0/s1. The van der Waals surface area contributed by atoms with Crippen molar-refractivity contribution in [3.8, 4) is 10.4 Å². The highest BCUT2D eigenvalue weighted by molar-refractivity contribution is 7.17. The molecule has 37 heavy (non-hydrogen) atoms. The van der Waals surface area contributed by atoms with E-state index < -0.39 is 60.4 Å². The molecule has 3 N–H and O–H groups in total. The Kier molecular flexibility index (Phi) is 7.23. The van der Waals surface area contributed by atoms with Crippen LogP contribution in [0.5, 0.6) is 0 Å². The lowest BCUT2D eigenvalue weighted by Crippen LogP contribution is -2.46. The van der Waals surface area contributed by atoms with E-state index in [9.17, 15) is 32.3 Å². The van der Waals surface area contributed by atoms with Crippen LogP contribution in [-0.4, -0.2) is 68.0 Å². The van der Waals surface area contributed by atoms with Crippen LogP contribution < -0.4 is 10.6 Å². The molecule has 2 aromatic rings. The maximum Gasteiger partial charge on any atom is 0.280 e. The molecule has 2 amide bonds. The summed E-state index contributed by atoms with van der Waals surface area (Å²) in [5, 5.41) is 15.0. The van der Waals surface area contributed by atoms with Crippen LogP contribution in [0.1, 0.15) is 79.2 Å². The molecule has 0 spiro atoms. The molecule has 1 atom stereocenters. The summed E-state index contributed by atoms with van der Waals surface area (Å²) in [5.74, 6) is -4.41. The number of pyridine rings is 1. The van der Waals surface area contributed by atoms with Crippen molar-refractivity contribution in [3.63, 3.8) is 0 Å². The number of carbonyl (C=O) groups excluding carboxylic acids is 2. The van der Waals surface area contributed by atoms with Crippen molar-refractivity contribution < 1.29 is 32.3 Å². The number of thiazole rings is 1. The van der Waals surface area contributed by atoms with Gasteiger partial charge >= 0.3 is 0 Å². The maximum atomic E-state index is 14.2. The fourth-order valence-electron chi connectivity index (χ4n) is 4.41. The predicted octanol–water partition coefficient (Wildman–Crippen LogP) is 4.48. The van der Waals surface area contributed by atoms with Crippen LogP contribution in [0.25, 0.3) is 10.4 Å². The summed E-state index contributed by atoms with van der Waals surface area (Å²) in [4.78, 5) is 35.5. The Morgan fingerprint density at radius 2 is 1.95 bits per heavy atom. The molecule has 1 saturated heterocycles. The van der Waals surface area contributed by atoms with E-state index in [1.165, 1.54) is 19.2 Å². The molecule has 0 bridgehead atoms. The molecule has 3 heterocycles. The molecular formula is C24H29F4N5O3S. The van der Waals surface area contributed by atoms with Gasteiger partial charge in [-0.1, -0.05) is 0 Å². The summed E-state index contributed by atoms with van der Waals surface area (Å²) >= 11 is 0.722. The molecule has 2 aromatic heterocycles. The number of anilines is 1. The van der Waals surface area contributed by atoms with Gasteiger partial charge in [-0.2, -0.15) is 0 Å². The summed E-state index contributed by atoms with van der Waals surface area (Å²) in [5.41, 5.74) is -1.36. The van der Waals surface area contributed by atoms with Crippen LogP contribution >= 0.6 is 11.3 Å². The molecule has 2 fully saturated rings. The van der Waals surface area contributed by atoms with Crippen molar-refractivity contribution in [3.05, 3.63) is 28.5 Å². The number of nitrogens with zero attached hydrogens (tertiary/aromatic N) is 3. The first-order chi connectivity index (χ1) is 17.1. The van der Waals surface area contributed by atoms with Gasteiger partial charge in [-0.3, -0.25) is 9.59 Å². The third kappa shape index (κ3) is 6.03. The second-order valence-corrected chi connectivity index (χ2v) is 11.7. The summed E-state index contributed by atoms with van der Waals surface area (Å²) in [6, 6.07) is 0.0747. The predicted molar refractivity (Wildman–Crippen MR) is 130 cm³/mol. The van der Waals surface area contributed by atoms with Crippen molar-refractivity contribution in [2.75, 3.05) is 11.9 Å². The molecule has 4 rings (SSSR count). The van der Waals surface area contributed by atoms with Gasteiger partial charge in [0.25, 0.3) is 24.2 Å². The molecular weight excluding hydrogens is 514 g/mol. The van der Waals surface area contributed by atoms with Gasteiger partial charge in [0.2, 0.25) is 0 Å². The smallest absolute Gasteiger partial charge is 0.280 e. The number of carbonyl (C=O) groups is 2. The van der Waals surface area contributed by atoms with Crippen LogP contribution in [0.3, 0.4) is 0 Å².